The van der Waals surface area contributed by atoms with Crippen molar-refractivity contribution in [3.63, 3.8) is 0 Å². The molecule has 0 bridgehead atoms. The first-order valence-corrected chi connectivity index (χ1v) is 8.67. The Morgan fingerprint density at radius 1 is 1.25 bits per heavy atom. The number of halogens is 2. The normalized spacial score (nSPS) is 26.7. The molecule has 3 nitrogen and oxygen atoms in total. The molecule has 2 N–H and O–H groups in total. The summed E-state index contributed by atoms with van der Waals surface area (Å²) in [6, 6.07) is 6.12. The van der Waals surface area contributed by atoms with Gasteiger partial charge in [0.1, 0.15) is 0 Å². The molecule has 0 spiro atoms. The van der Waals surface area contributed by atoms with E-state index < -0.39 is 0 Å². The van der Waals surface area contributed by atoms with E-state index in [1.54, 1.807) is 0 Å². The minimum absolute atomic E-state index is 0.293. The van der Waals surface area contributed by atoms with E-state index in [1.165, 1.54) is 5.56 Å². The standard InChI is InChI=1S/C14H17Cl2N3S/c15-11-2-1-9(7-12(11)16)10-8-13(10)18-14(17)19-3-5-20-6-4-19/h1-2,7,10,13H,3-6,8H2,(H2,17,18)/t10-,13+/m0/s1. The molecule has 0 radical (unpaired) electrons. The Labute approximate surface area is 133 Å². The number of benzene rings is 1. The van der Waals surface area contributed by atoms with Crippen molar-refractivity contribution >= 4 is 40.9 Å². The minimum atomic E-state index is 0.293. The predicted molar refractivity (Wildman–Crippen MR) is 88.1 cm³/mol. The molecule has 0 aromatic heterocycles. The summed E-state index contributed by atoms with van der Waals surface area (Å²) in [6.45, 7) is 2.01. The van der Waals surface area contributed by atoms with Crippen molar-refractivity contribution in [3.8, 4) is 0 Å². The van der Waals surface area contributed by atoms with Crippen LogP contribution in [0.1, 0.15) is 17.9 Å². The summed E-state index contributed by atoms with van der Waals surface area (Å²) in [5.41, 5.74) is 7.31. The van der Waals surface area contributed by atoms with Crippen LogP contribution in [0.25, 0.3) is 0 Å². The Hall–Kier alpha value is -0.580. The molecule has 0 unspecified atom stereocenters. The van der Waals surface area contributed by atoms with Gasteiger partial charge in [-0.15, -0.1) is 0 Å². The summed E-state index contributed by atoms with van der Waals surface area (Å²) < 4.78 is 0. The van der Waals surface area contributed by atoms with E-state index >= 15 is 0 Å². The summed E-state index contributed by atoms with van der Waals surface area (Å²) in [6.07, 6.45) is 1.04. The lowest BCUT2D eigenvalue weighted by molar-refractivity contribution is 0.455. The third kappa shape index (κ3) is 3.18. The topological polar surface area (TPSA) is 41.6 Å². The predicted octanol–water partition coefficient (Wildman–Crippen LogP) is 3.21. The third-order valence-corrected chi connectivity index (χ3v) is 5.44. The van der Waals surface area contributed by atoms with Gasteiger partial charge in [-0.2, -0.15) is 11.8 Å². The molecule has 2 fully saturated rings. The molecular weight excluding hydrogens is 313 g/mol. The number of aliphatic imine (C=N–C) groups is 1. The Morgan fingerprint density at radius 2 is 2.00 bits per heavy atom. The Balaban J connectivity index is 1.64. The van der Waals surface area contributed by atoms with Crippen LogP contribution in [0.5, 0.6) is 0 Å². The number of thioether (sulfide) groups is 1. The Bertz CT molecular complexity index is 529. The largest absolute Gasteiger partial charge is 0.370 e. The maximum Gasteiger partial charge on any atom is 0.191 e. The van der Waals surface area contributed by atoms with Crippen molar-refractivity contribution < 1.29 is 0 Å². The zero-order chi connectivity index (χ0) is 14.1. The quantitative estimate of drug-likeness (QED) is 0.669. The molecule has 2 aliphatic rings. The fourth-order valence-electron chi connectivity index (χ4n) is 2.47. The molecule has 1 heterocycles. The maximum absolute atomic E-state index is 6.10. The monoisotopic (exact) mass is 329 g/mol. The number of nitrogens with zero attached hydrogens (tertiary/aromatic N) is 2. The van der Waals surface area contributed by atoms with Gasteiger partial charge < -0.3 is 10.6 Å². The molecule has 1 aromatic carbocycles. The van der Waals surface area contributed by atoms with Gasteiger partial charge in [0.05, 0.1) is 16.1 Å². The SMILES string of the molecule is NC(=N[C@@H]1C[C@H]1c1ccc(Cl)c(Cl)c1)N1CCSCC1. The summed E-state index contributed by atoms with van der Waals surface area (Å²) in [5.74, 6) is 3.40. The van der Waals surface area contributed by atoms with Gasteiger partial charge in [0.15, 0.2) is 5.96 Å². The van der Waals surface area contributed by atoms with Crippen molar-refractivity contribution in [2.45, 2.75) is 18.4 Å². The second-order valence-electron chi connectivity index (χ2n) is 5.17. The molecule has 6 heteroatoms. The van der Waals surface area contributed by atoms with Crippen LogP contribution < -0.4 is 5.73 Å². The number of guanidine groups is 1. The zero-order valence-corrected chi connectivity index (χ0v) is 13.4. The van der Waals surface area contributed by atoms with Crippen LogP contribution in [-0.4, -0.2) is 41.5 Å². The van der Waals surface area contributed by atoms with Gasteiger partial charge in [0.25, 0.3) is 0 Å². The molecule has 0 amide bonds. The number of rotatable bonds is 2. The van der Waals surface area contributed by atoms with Gasteiger partial charge >= 0.3 is 0 Å². The van der Waals surface area contributed by atoms with Crippen molar-refractivity contribution in [1.82, 2.24) is 4.90 Å². The second-order valence-corrected chi connectivity index (χ2v) is 7.21. The third-order valence-electron chi connectivity index (χ3n) is 3.76. The Morgan fingerprint density at radius 3 is 2.70 bits per heavy atom. The zero-order valence-electron chi connectivity index (χ0n) is 11.1. The first-order chi connectivity index (χ1) is 9.65. The molecule has 108 valence electrons. The van der Waals surface area contributed by atoms with E-state index in [0.717, 1.165) is 31.0 Å². The maximum atomic E-state index is 6.10. The molecule has 1 saturated carbocycles. The van der Waals surface area contributed by atoms with Crippen LogP contribution in [0.15, 0.2) is 23.2 Å². The fraction of sp³-hybridized carbons (Fsp3) is 0.500. The summed E-state index contributed by atoms with van der Waals surface area (Å²) in [7, 11) is 0. The lowest BCUT2D eigenvalue weighted by atomic mass is 10.1. The van der Waals surface area contributed by atoms with Crippen LogP contribution in [0.3, 0.4) is 0 Å². The van der Waals surface area contributed by atoms with Crippen molar-refractivity contribution in [2.75, 3.05) is 24.6 Å². The van der Waals surface area contributed by atoms with Crippen LogP contribution in [0.2, 0.25) is 10.0 Å². The van der Waals surface area contributed by atoms with E-state index in [-0.39, 0.29) is 0 Å². The minimum Gasteiger partial charge on any atom is -0.370 e. The van der Waals surface area contributed by atoms with Crippen molar-refractivity contribution in [2.24, 2.45) is 10.7 Å². The van der Waals surface area contributed by atoms with Gasteiger partial charge in [0.2, 0.25) is 0 Å². The number of hydrogen-bond acceptors (Lipinski definition) is 2. The van der Waals surface area contributed by atoms with E-state index in [2.05, 4.69) is 9.89 Å². The van der Waals surface area contributed by atoms with E-state index in [1.807, 2.05) is 30.0 Å². The smallest absolute Gasteiger partial charge is 0.191 e. The highest BCUT2D eigenvalue weighted by molar-refractivity contribution is 7.99. The molecule has 1 aliphatic heterocycles. The van der Waals surface area contributed by atoms with E-state index in [4.69, 9.17) is 28.9 Å². The molecular formula is C14H17Cl2N3S. The van der Waals surface area contributed by atoms with E-state index in [0.29, 0.717) is 28.0 Å². The van der Waals surface area contributed by atoms with Crippen molar-refractivity contribution in [1.29, 1.82) is 0 Å². The molecule has 1 saturated heterocycles. The van der Waals surface area contributed by atoms with E-state index in [9.17, 15) is 0 Å². The van der Waals surface area contributed by atoms with Gasteiger partial charge in [-0.3, -0.25) is 0 Å². The molecule has 1 aromatic rings. The molecule has 3 rings (SSSR count). The highest BCUT2D eigenvalue weighted by Crippen LogP contribution is 2.44. The first kappa shape index (κ1) is 14.4. The number of nitrogens with two attached hydrogens (primary N) is 1. The van der Waals surface area contributed by atoms with Gasteiger partial charge in [-0.1, -0.05) is 29.3 Å². The molecule has 2 atom stereocenters. The summed E-state index contributed by atoms with van der Waals surface area (Å²) in [4.78, 5) is 6.84. The second kappa shape index (κ2) is 6.04. The van der Waals surface area contributed by atoms with Gasteiger partial charge in [-0.25, -0.2) is 4.99 Å². The van der Waals surface area contributed by atoms with Crippen molar-refractivity contribution in [3.05, 3.63) is 33.8 Å². The average Bonchev–Trinajstić information content (AvgIpc) is 3.22. The lowest BCUT2D eigenvalue weighted by Gasteiger charge is -2.27. The van der Waals surface area contributed by atoms with Crippen LogP contribution in [0, 0.1) is 0 Å². The first-order valence-electron chi connectivity index (χ1n) is 6.76. The summed E-state index contributed by atoms with van der Waals surface area (Å²) in [5, 5.41) is 1.21. The average molecular weight is 330 g/mol. The van der Waals surface area contributed by atoms with Crippen LogP contribution >= 0.6 is 35.0 Å². The lowest BCUT2D eigenvalue weighted by Crippen LogP contribution is -2.42. The highest BCUT2D eigenvalue weighted by Gasteiger charge is 2.39. The molecule has 20 heavy (non-hydrogen) atoms. The highest BCUT2D eigenvalue weighted by atomic mass is 35.5. The fourth-order valence-corrected chi connectivity index (χ4v) is 3.68. The van der Waals surface area contributed by atoms with Gasteiger partial charge in [0, 0.05) is 30.5 Å². The van der Waals surface area contributed by atoms with Crippen LogP contribution in [0.4, 0.5) is 0 Å². The molecule has 1 aliphatic carbocycles. The van der Waals surface area contributed by atoms with Gasteiger partial charge in [-0.05, 0) is 24.1 Å². The van der Waals surface area contributed by atoms with Crippen LogP contribution in [-0.2, 0) is 0 Å². The number of hydrogen-bond donors (Lipinski definition) is 1. The summed E-state index contributed by atoms with van der Waals surface area (Å²) >= 11 is 14.0. The Kier molecular flexibility index (Phi) is 4.34.